The zero-order chi connectivity index (χ0) is 15.5. The van der Waals surface area contributed by atoms with Crippen molar-refractivity contribution in [1.29, 1.82) is 0 Å². The van der Waals surface area contributed by atoms with E-state index in [1.807, 2.05) is 4.90 Å². The van der Waals surface area contributed by atoms with E-state index in [2.05, 4.69) is 5.32 Å². The van der Waals surface area contributed by atoms with E-state index in [0.717, 1.165) is 26.1 Å². The zero-order valence-electron chi connectivity index (χ0n) is 12.4. The first-order valence-corrected chi connectivity index (χ1v) is 7.06. The molecule has 0 spiro atoms. The number of rotatable bonds is 3. The molecule has 1 heterocycles. The smallest absolute Gasteiger partial charge is 0.330 e. The number of benzene rings is 1. The fraction of sp³-hybridized carbons (Fsp3) is 0.533. The highest BCUT2D eigenvalue weighted by Crippen LogP contribution is 2.34. The van der Waals surface area contributed by atoms with Crippen molar-refractivity contribution in [2.75, 3.05) is 33.3 Å². The van der Waals surface area contributed by atoms with Crippen LogP contribution >= 0.6 is 0 Å². The average molecular weight is 294 g/mol. The molecule has 116 valence electrons. The number of phenolic OH excluding ortho intramolecular Hbond substituents is 2. The number of carbonyl (C=O) groups is 1. The molecule has 1 aromatic rings. The topological polar surface area (TPSA) is 82.0 Å². The average Bonchev–Trinajstić information content (AvgIpc) is 2.73. The maximum absolute atomic E-state index is 12.4. The second-order valence-electron chi connectivity index (χ2n) is 5.39. The van der Waals surface area contributed by atoms with Crippen LogP contribution in [-0.2, 0) is 15.1 Å². The summed E-state index contributed by atoms with van der Waals surface area (Å²) >= 11 is 0. The predicted octanol–water partition coefficient (Wildman–Crippen LogP) is 0.781. The van der Waals surface area contributed by atoms with Crippen molar-refractivity contribution in [2.45, 2.75) is 18.9 Å². The zero-order valence-corrected chi connectivity index (χ0v) is 12.4. The predicted molar refractivity (Wildman–Crippen MR) is 78.2 cm³/mol. The van der Waals surface area contributed by atoms with Crippen LogP contribution in [0.3, 0.4) is 0 Å². The summed E-state index contributed by atoms with van der Waals surface area (Å²) in [5, 5.41) is 22.7. The normalized spacial score (nSPS) is 19.5. The maximum atomic E-state index is 12.4. The van der Waals surface area contributed by atoms with E-state index in [-0.39, 0.29) is 11.5 Å². The highest BCUT2D eigenvalue weighted by Gasteiger charge is 2.42. The van der Waals surface area contributed by atoms with E-state index < -0.39 is 11.5 Å². The Morgan fingerprint density at radius 3 is 2.52 bits per heavy atom. The maximum Gasteiger partial charge on any atom is 0.330 e. The number of nitrogens with one attached hydrogen (secondary N) is 1. The quantitative estimate of drug-likeness (QED) is 0.715. The molecule has 1 fully saturated rings. The number of hydrogen-bond donors (Lipinski definition) is 3. The van der Waals surface area contributed by atoms with Gasteiger partial charge in [0.2, 0.25) is 0 Å². The van der Waals surface area contributed by atoms with Crippen LogP contribution in [0, 0.1) is 0 Å². The van der Waals surface area contributed by atoms with E-state index >= 15 is 0 Å². The third-order valence-corrected chi connectivity index (χ3v) is 4.02. The van der Waals surface area contributed by atoms with Crippen molar-refractivity contribution < 1.29 is 19.7 Å². The number of esters is 1. The van der Waals surface area contributed by atoms with E-state index in [1.165, 1.54) is 25.3 Å². The van der Waals surface area contributed by atoms with Crippen molar-refractivity contribution in [2.24, 2.45) is 0 Å². The summed E-state index contributed by atoms with van der Waals surface area (Å²) in [5.74, 6) is -0.560. The number of carbonyl (C=O) groups excluding carboxylic acids is 1. The molecule has 0 radical (unpaired) electrons. The van der Waals surface area contributed by atoms with Gasteiger partial charge in [-0.2, -0.15) is 0 Å². The fourth-order valence-corrected chi connectivity index (χ4v) is 2.80. The Morgan fingerprint density at radius 2 is 1.90 bits per heavy atom. The number of phenols is 2. The van der Waals surface area contributed by atoms with Crippen LogP contribution in [0.1, 0.15) is 18.9 Å². The molecule has 0 aromatic heterocycles. The van der Waals surface area contributed by atoms with Gasteiger partial charge in [-0.25, -0.2) is 4.79 Å². The molecule has 2 rings (SSSR count). The van der Waals surface area contributed by atoms with E-state index in [1.54, 1.807) is 6.92 Å². The Bertz CT molecular complexity index is 492. The lowest BCUT2D eigenvalue weighted by molar-refractivity contribution is -0.155. The number of methoxy groups -OCH3 is 1. The molecule has 0 saturated carbocycles. The van der Waals surface area contributed by atoms with E-state index in [4.69, 9.17) is 4.74 Å². The second kappa shape index (κ2) is 6.32. The van der Waals surface area contributed by atoms with Gasteiger partial charge in [0, 0.05) is 25.7 Å². The summed E-state index contributed by atoms with van der Waals surface area (Å²) in [5.41, 5.74) is -0.523. The lowest BCUT2D eigenvalue weighted by Crippen LogP contribution is -2.51. The number of nitrogens with zero attached hydrogens (tertiary/aromatic N) is 1. The largest absolute Gasteiger partial charge is 0.508 e. The third kappa shape index (κ3) is 3.11. The molecule has 21 heavy (non-hydrogen) atoms. The standard InChI is InChI=1S/C15H22N2O4/c1-15(14(20)21-2,17-6-3-4-16-5-7-17)11-8-12(18)10-13(19)9-11/h8-10,16,18-19H,3-7H2,1-2H3. The van der Waals surface area contributed by atoms with E-state index in [9.17, 15) is 15.0 Å². The highest BCUT2D eigenvalue weighted by molar-refractivity contribution is 5.82. The van der Waals surface area contributed by atoms with Crippen LogP contribution in [0.2, 0.25) is 0 Å². The molecule has 3 N–H and O–H groups in total. The molecule has 1 aliphatic rings. The highest BCUT2D eigenvalue weighted by atomic mass is 16.5. The molecule has 1 aromatic carbocycles. The van der Waals surface area contributed by atoms with Crippen LogP contribution in [0.5, 0.6) is 11.5 Å². The Hall–Kier alpha value is -1.79. The Balaban J connectivity index is 2.47. The summed E-state index contributed by atoms with van der Waals surface area (Å²) < 4.78 is 4.98. The summed E-state index contributed by atoms with van der Waals surface area (Å²) in [6.45, 7) is 4.85. The minimum atomic E-state index is -1.04. The van der Waals surface area contributed by atoms with Gasteiger partial charge in [-0.3, -0.25) is 4.90 Å². The molecule has 1 aliphatic heterocycles. The van der Waals surface area contributed by atoms with Gasteiger partial charge < -0.3 is 20.3 Å². The molecule has 6 nitrogen and oxygen atoms in total. The molecule has 6 heteroatoms. The van der Waals surface area contributed by atoms with Gasteiger partial charge in [0.25, 0.3) is 0 Å². The van der Waals surface area contributed by atoms with E-state index in [0.29, 0.717) is 12.1 Å². The molecular formula is C15H22N2O4. The molecule has 0 amide bonds. The van der Waals surface area contributed by atoms with Crippen molar-refractivity contribution in [3.8, 4) is 11.5 Å². The molecule has 1 saturated heterocycles. The van der Waals surface area contributed by atoms with Crippen LogP contribution in [0.25, 0.3) is 0 Å². The second-order valence-corrected chi connectivity index (χ2v) is 5.39. The summed E-state index contributed by atoms with van der Waals surface area (Å²) in [7, 11) is 1.35. The summed E-state index contributed by atoms with van der Waals surface area (Å²) in [6.07, 6.45) is 0.914. The Labute approximate surface area is 124 Å². The van der Waals surface area contributed by atoms with Crippen LogP contribution in [0.4, 0.5) is 0 Å². The van der Waals surface area contributed by atoms with Gasteiger partial charge in [0.15, 0.2) is 0 Å². The first kappa shape index (κ1) is 15.6. The minimum absolute atomic E-state index is 0.0759. The Morgan fingerprint density at radius 1 is 1.24 bits per heavy atom. The minimum Gasteiger partial charge on any atom is -0.508 e. The van der Waals surface area contributed by atoms with Crippen LogP contribution in [-0.4, -0.2) is 54.4 Å². The molecule has 0 bridgehead atoms. The molecule has 0 aliphatic carbocycles. The lowest BCUT2D eigenvalue weighted by atomic mass is 9.89. The number of aromatic hydroxyl groups is 2. The van der Waals surface area contributed by atoms with Crippen molar-refractivity contribution in [3.63, 3.8) is 0 Å². The van der Waals surface area contributed by atoms with Crippen molar-refractivity contribution >= 4 is 5.97 Å². The SMILES string of the molecule is COC(=O)C(C)(c1cc(O)cc(O)c1)N1CCCNCC1. The lowest BCUT2D eigenvalue weighted by Gasteiger charge is -2.38. The van der Waals surface area contributed by atoms with Gasteiger partial charge in [0.1, 0.15) is 17.0 Å². The van der Waals surface area contributed by atoms with Gasteiger partial charge in [-0.05, 0) is 37.6 Å². The fourth-order valence-electron chi connectivity index (χ4n) is 2.80. The summed E-state index contributed by atoms with van der Waals surface area (Å²) in [4.78, 5) is 14.4. The van der Waals surface area contributed by atoms with Gasteiger partial charge in [0.05, 0.1) is 7.11 Å². The third-order valence-electron chi connectivity index (χ3n) is 4.02. The molecule has 1 atom stereocenters. The number of ether oxygens (including phenoxy) is 1. The van der Waals surface area contributed by atoms with Gasteiger partial charge in [-0.15, -0.1) is 0 Å². The van der Waals surface area contributed by atoms with Crippen LogP contribution in [0.15, 0.2) is 18.2 Å². The first-order chi connectivity index (χ1) is 9.98. The Kier molecular flexibility index (Phi) is 4.69. The first-order valence-electron chi connectivity index (χ1n) is 7.06. The van der Waals surface area contributed by atoms with Crippen molar-refractivity contribution in [1.82, 2.24) is 10.2 Å². The molecule has 1 unspecified atom stereocenters. The van der Waals surface area contributed by atoms with Gasteiger partial charge >= 0.3 is 5.97 Å². The summed E-state index contributed by atoms with van der Waals surface area (Å²) in [6, 6.07) is 4.23. The van der Waals surface area contributed by atoms with Crippen LogP contribution < -0.4 is 5.32 Å². The monoisotopic (exact) mass is 294 g/mol. The van der Waals surface area contributed by atoms with Crippen molar-refractivity contribution in [3.05, 3.63) is 23.8 Å². The number of hydrogen-bond acceptors (Lipinski definition) is 6. The van der Waals surface area contributed by atoms with Gasteiger partial charge in [-0.1, -0.05) is 0 Å². The molecular weight excluding hydrogens is 272 g/mol.